The lowest BCUT2D eigenvalue weighted by atomic mass is 10.0. The maximum absolute atomic E-state index is 13.1. The van der Waals surface area contributed by atoms with Crippen LogP contribution >= 0.6 is 11.6 Å². The number of hydrogen-bond donors (Lipinski definition) is 1. The van der Waals surface area contributed by atoms with Gasteiger partial charge in [0.1, 0.15) is 6.04 Å². The Morgan fingerprint density at radius 3 is 2.27 bits per heavy atom. The van der Waals surface area contributed by atoms with Gasteiger partial charge in [-0.2, -0.15) is 0 Å². The quantitative estimate of drug-likeness (QED) is 0.567. The molecule has 162 valence electrons. The maximum Gasteiger partial charge on any atom is 0.242 e. The number of aryl methyl sites for hydroxylation is 2. The molecule has 0 heterocycles. The lowest BCUT2D eigenvalue weighted by molar-refractivity contribution is -0.140. The van der Waals surface area contributed by atoms with Gasteiger partial charge in [0.2, 0.25) is 11.8 Å². The van der Waals surface area contributed by atoms with Gasteiger partial charge in [-0.3, -0.25) is 9.59 Å². The number of carbonyl (C=O) groups is 2. The predicted octanol–water partition coefficient (Wildman–Crippen LogP) is 5.17. The largest absolute Gasteiger partial charge is 0.352 e. The van der Waals surface area contributed by atoms with Crippen LogP contribution in [0.4, 0.5) is 0 Å². The molecule has 0 fully saturated rings. The topological polar surface area (TPSA) is 49.4 Å². The summed E-state index contributed by atoms with van der Waals surface area (Å²) in [4.78, 5) is 27.5. The number of nitrogens with zero attached hydrogens (tertiary/aromatic N) is 1. The molecule has 30 heavy (non-hydrogen) atoms. The highest BCUT2D eigenvalue weighted by Crippen LogP contribution is 2.17. The summed E-state index contributed by atoms with van der Waals surface area (Å²) in [7, 11) is 0. The van der Waals surface area contributed by atoms with E-state index in [1.807, 2.05) is 32.0 Å². The van der Waals surface area contributed by atoms with E-state index in [4.69, 9.17) is 11.6 Å². The van der Waals surface area contributed by atoms with Crippen molar-refractivity contribution in [2.24, 2.45) is 0 Å². The SMILES string of the molecule is CCc1ccc(CCC(=O)N(Cc2cccc(Cl)c2)[C@H](C)C(=O)N[C@H](C)CC)cc1. The van der Waals surface area contributed by atoms with E-state index in [2.05, 4.69) is 36.5 Å². The molecule has 0 radical (unpaired) electrons. The first-order valence-corrected chi connectivity index (χ1v) is 11.1. The third-order valence-corrected chi connectivity index (χ3v) is 5.70. The second-order valence-electron chi connectivity index (χ2n) is 7.82. The van der Waals surface area contributed by atoms with E-state index in [-0.39, 0.29) is 17.9 Å². The monoisotopic (exact) mass is 428 g/mol. The first-order chi connectivity index (χ1) is 14.3. The van der Waals surface area contributed by atoms with E-state index < -0.39 is 6.04 Å². The van der Waals surface area contributed by atoms with Crippen LogP contribution in [0.15, 0.2) is 48.5 Å². The summed E-state index contributed by atoms with van der Waals surface area (Å²) in [6, 6.07) is 15.3. The molecule has 0 saturated heterocycles. The van der Waals surface area contributed by atoms with Crippen molar-refractivity contribution < 1.29 is 9.59 Å². The first kappa shape index (κ1) is 23.9. The van der Waals surface area contributed by atoms with Gasteiger partial charge in [-0.15, -0.1) is 0 Å². The van der Waals surface area contributed by atoms with Crippen LogP contribution in [-0.4, -0.2) is 28.8 Å². The lowest BCUT2D eigenvalue weighted by Crippen LogP contribution is -2.49. The van der Waals surface area contributed by atoms with E-state index >= 15 is 0 Å². The third kappa shape index (κ3) is 7.17. The number of hydrogen-bond acceptors (Lipinski definition) is 2. The highest BCUT2D eigenvalue weighted by Gasteiger charge is 2.26. The summed E-state index contributed by atoms with van der Waals surface area (Å²) in [6.45, 7) is 8.25. The van der Waals surface area contributed by atoms with Crippen molar-refractivity contribution in [2.75, 3.05) is 0 Å². The second kappa shape index (κ2) is 11.8. The maximum atomic E-state index is 13.1. The molecule has 2 amide bonds. The van der Waals surface area contributed by atoms with Gasteiger partial charge < -0.3 is 10.2 Å². The van der Waals surface area contributed by atoms with Crippen LogP contribution in [0.25, 0.3) is 0 Å². The molecule has 0 aliphatic carbocycles. The van der Waals surface area contributed by atoms with Crippen LogP contribution in [0.1, 0.15) is 57.2 Å². The molecule has 5 heteroatoms. The van der Waals surface area contributed by atoms with Gasteiger partial charge in [-0.1, -0.05) is 61.8 Å². The molecule has 2 aromatic rings. The number of carbonyl (C=O) groups excluding carboxylic acids is 2. The van der Waals surface area contributed by atoms with Gasteiger partial charge in [0.15, 0.2) is 0 Å². The third-order valence-electron chi connectivity index (χ3n) is 5.47. The molecule has 1 N–H and O–H groups in total. The summed E-state index contributed by atoms with van der Waals surface area (Å²) >= 11 is 6.12. The fourth-order valence-corrected chi connectivity index (χ4v) is 3.43. The van der Waals surface area contributed by atoms with E-state index in [0.717, 1.165) is 24.0 Å². The number of rotatable bonds is 10. The van der Waals surface area contributed by atoms with E-state index in [1.54, 1.807) is 17.9 Å². The molecule has 2 atom stereocenters. The molecule has 0 aliphatic rings. The van der Waals surface area contributed by atoms with Crippen LogP contribution in [0.3, 0.4) is 0 Å². The Balaban J connectivity index is 2.13. The van der Waals surface area contributed by atoms with Crippen LogP contribution < -0.4 is 5.32 Å². The number of halogens is 1. The van der Waals surface area contributed by atoms with Crippen molar-refractivity contribution >= 4 is 23.4 Å². The number of benzene rings is 2. The fraction of sp³-hybridized carbons (Fsp3) is 0.440. The van der Waals surface area contributed by atoms with E-state index in [1.165, 1.54) is 5.56 Å². The van der Waals surface area contributed by atoms with Gasteiger partial charge in [-0.05, 0) is 61.9 Å². The molecule has 2 aromatic carbocycles. The van der Waals surface area contributed by atoms with Gasteiger partial charge in [-0.25, -0.2) is 0 Å². The molecule has 0 spiro atoms. The number of nitrogens with one attached hydrogen (secondary N) is 1. The molecule has 4 nitrogen and oxygen atoms in total. The molecule has 0 saturated carbocycles. The molecule has 0 aromatic heterocycles. The minimum atomic E-state index is -0.562. The Bertz CT molecular complexity index is 835. The smallest absolute Gasteiger partial charge is 0.242 e. The minimum absolute atomic E-state index is 0.0404. The van der Waals surface area contributed by atoms with Crippen molar-refractivity contribution in [1.29, 1.82) is 0 Å². The summed E-state index contributed by atoms with van der Waals surface area (Å²) < 4.78 is 0. The van der Waals surface area contributed by atoms with E-state index in [0.29, 0.717) is 24.4 Å². The highest BCUT2D eigenvalue weighted by atomic mass is 35.5. The number of amides is 2. The Hall–Kier alpha value is -2.33. The second-order valence-corrected chi connectivity index (χ2v) is 8.25. The van der Waals surface area contributed by atoms with Crippen LogP contribution in [0.5, 0.6) is 0 Å². The Morgan fingerprint density at radius 2 is 1.67 bits per heavy atom. The van der Waals surface area contributed by atoms with Gasteiger partial charge in [0, 0.05) is 24.0 Å². The molecule has 2 rings (SSSR count). The van der Waals surface area contributed by atoms with Crippen molar-refractivity contribution in [3.8, 4) is 0 Å². The van der Waals surface area contributed by atoms with Crippen molar-refractivity contribution in [3.05, 3.63) is 70.2 Å². The molecule has 0 aliphatic heterocycles. The summed E-state index contributed by atoms with van der Waals surface area (Å²) in [5, 5.41) is 3.61. The molecular formula is C25H33ClN2O2. The van der Waals surface area contributed by atoms with Crippen molar-refractivity contribution in [3.63, 3.8) is 0 Å². The predicted molar refractivity (Wildman–Crippen MR) is 124 cm³/mol. The Labute approximate surface area is 185 Å². The van der Waals surface area contributed by atoms with Gasteiger partial charge in [0.25, 0.3) is 0 Å². The zero-order valence-corrected chi connectivity index (χ0v) is 19.2. The van der Waals surface area contributed by atoms with Crippen LogP contribution in [-0.2, 0) is 29.0 Å². The van der Waals surface area contributed by atoms with Crippen LogP contribution in [0, 0.1) is 0 Å². The summed E-state index contributed by atoms with van der Waals surface area (Å²) in [6.07, 6.45) is 2.84. The van der Waals surface area contributed by atoms with E-state index in [9.17, 15) is 9.59 Å². The highest BCUT2D eigenvalue weighted by molar-refractivity contribution is 6.30. The van der Waals surface area contributed by atoms with Crippen molar-refractivity contribution in [1.82, 2.24) is 10.2 Å². The van der Waals surface area contributed by atoms with Gasteiger partial charge >= 0.3 is 0 Å². The lowest BCUT2D eigenvalue weighted by Gasteiger charge is -2.30. The fourth-order valence-electron chi connectivity index (χ4n) is 3.22. The standard InChI is InChI=1S/C25H33ClN2O2/c1-5-18(3)27-25(30)19(4)28(17-22-8-7-9-23(26)16-22)24(29)15-14-21-12-10-20(6-2)11-13-21/h7-13,16,18-19H,5-6,14-15,17H2,1-4H3,(H,27,30)/t18-,19-/m1/s1. The van der Waals surface area contributed by atoms with Crippen molar-refractivity contribution in [2.45, 2.75) is 72.0 Å². The zero-order valence-electron chi connectivity index (χ0n) is 18.5. The Kier molecular flexibility index (Phi) is 9.38. The average molecular weight is 429 g/mol. The first-order valence-electron chi connectivity index (χ1n) is 10.8. The molecular weight excluding hydrogens is 396 g/mol. The molecule has 0 unspecified atom stereocenters. The summed E-state index contributed by atoms with van der Waals surface area (Å²) in [5.74, 6) is -0.173. The summed E-state index contributed by atoms with van der Waals surface area (Å²) in [5.41, 5.74) is 3.31. The normalized spacial score (nSPS) is 12.8. The minimum Gasteiger partial charge on any atom is -0.352 e. The van der Waals surface area contributed by atoms with Crippen LogP contribution in [0.2, 0.25) is 5.02 Å². The zero-order chi connectivity index (χ0) is 22.1. The molecule has 0 bridgehead atoms. The Morgan fingerprint density at radius 1 is 1.00 bits per heavy atom. The van der Waals surface area contributed by atoms with Gasteiger partial charge in [0.05, 0.1) is 0 Å². The average Bonchev–Trinajstić information content (AvgIpc) is 2.75.